The highest BCUT2D eigenvalue weighted by Crippen LogP contribution is 2.27. The molecular formula is C13H24N2O3. The van der Waals surface area contributed by atoms with Crippen LogP contribution in [0.15, 0.2) is 0 Å². The van der Waals surface area contributed by atoms with E-state index in [9.17, 15) is 4.79 Å². The van der Waals surface area contributed by atoms with Crippen LogP contribution in [0.1, 0.15) is 26.2 Å². The molecular weight excluding hydrogens is 232 g/mol. The van der Waals surface area contributed by atoms with Crippen molar-refractivity contribution in [1.82, 2.24) is 9.80 Å². The molecule has 1 saturated carbocycles. The van der Waals surface area contributed by atoms with E-state index in [1.807, 2.05) is 6.92 Å². The molecule has 18 heavy (non-hydrogen) atoms. The Kier molecular flexibility index (Phi) is 4.97. The predicted octanol–water partition coefficient (Wildman–Crippen LogP) is 0.646. The smallest absolute Gasteiger partial charge is 0.332 e. The third-order valence-electron chi connectivity index (χ3n) is 3.82. The fraction of sp³-hybridized carbons (Fsp3) is 0.923. The van der Waals surface area contributed by atoms with Gasteiger partial charge in [-0.15, -0.1) is 0 Å². The lowest BCUT2D eigenvalue weighted by Gasteiger charge is -2.35. The van der Waals surface area contributed by atoms with Crippen LogP contribution in [0.3, 0.4) is 0 Å². The lowest BCUT2D eigenvalue weighted by atomic mass is 10.2. The first-order valence-corrected chi connectivity index (χ1v) is 7.01. The van der Waals surface area contributed by atoms with Crippen LogP contribution < -0.4 is 0 Å². The molecule has 0 aromatic heterocycles. The second kappa shape index (κ2) is 6.50. The number of carboxylic acids is 1. The summed E-state index contributed by atoms with van der Waals surface area (Å²) in [7, 11) is 0. The maximum atomic E-state index is 11.0. The van der Waals surface area contributed by atoms with Crippen molar-refractivity contribution in [2.24, 2.45) is 0 Å². The minimum atomic E-state index is -0.839. The first-order chi connectivity index (χ1) is 8.70. The molecule has 1 unspecified atom stereocenters. The van der Waals surface area contributed by atoms with E-state index in [4.69, 9.17) is 9.84 Å². The average molecular weight is 256 g/mol. The highest BCUT2D eigenvalue weighted by Gasteiger charge is 2.31. The molecule has 0 bridgehead atoms. The van der Waals surface area contributed by atoms with Crippen LogP contribution >= 0.6 is 0 Å². The predicted molar refractivity (Wildman–Crippen MR) is 68.7 cm³/mol. The Balaban J connectivity index is 1.65. The molecule has 1 atom stereocenters. The van der Waals surface area contributed by atoms with Crippen molar-refractivity contribution in [1.29, 1.82) is 0 Å². The van der Waals surface area contributed by atoms with Crippen LogP contribution in [-0.2, 0) is 9.53 Å². The number of rotatable bonds is 7. The summed E-state index contributed by atoms with van der Waals surface area (Å²) in [5.74, 6) is -0.839. The Bertz CT molecular complexity index is 273. The molecule has 2 rings (SSSR count). The van der Waals surface area contributed by atoms with Crippen LogP contribution in [0.5, 0.6) is 0 Å². The number of carbonyl (C=O) groups is 1. The van der Waals surface area contributed by atoms with E-state index in [0.29, 0.717) is 13.0 Å². The van der Waals surface area contributed by atoms with Gasteiger partial charge in [-0.1, -0.05) is 0 Å². The maximum Gasteiger partial charge on any atom is 0.332 e. The molecule has 1 heterocycles. The average Bonchev–Trinajstić information content (AvgIpc) is 3.19. The van der Waals surface area contributed by atoms with Crippen molar-refractivity contribution in [3.8, 4) is 0 Å². The van der Waals surface area contributed by atoms with Gasteiger partial charge in [0, 0.05) is 45.4 Å². The molecule has 1 aliphatic carbocycles. The van der Waals surface area contributed by atoms with Crippen molar-refractivity contribution < 1.29 is 14.6 Å². The van der Waals surface area contributed by atoms with Crippen LogP contribution in [0.2, 0.25) is 0 Å². The molecule has 2 fully saturated rings. The van der Waals surface area contributed by atoms with Gasteiger partial charge in [0.1, 0.15) is 0 Å². The zero-order valence-electron chi connectivity index (χ0n) is 11.2. The minimum absolute atomic E-state index is 0.465. The molecule has 0 radical (unpaired) electrons. The number of piperazine rings is 1. The lowest BCUT2D eigenvalue weighted by molar-refractivity contribution is -0.150. The molecule has 1 aliphatic heterocycles. The fourth-order valence-corrected chi connectivity index (χ4v) is 2.57. The third-order valence-corrected chi connectivity index (χ3v) is 3.82. The summed E-state index contributed by atoms with van der Waals surface area (Å²) in [6.07, 6.45) is 2.68. The number of aliphatic carboxylic acids is 1. The normalized spacial score (nSPS) is 24.1. The molecule has 104 valence electrons. The summed E-state index contributed by atoms with van der Waals surface area (Å²) in [6, 6.07) is 0.849. The first kappa shape index (κ1) is 13.8. The van der Waals surface area contributed by atoms with E-state index in [1.165, 1.54) is 12.8 Å². The summed E-state index contributed by atoms with van der Waals surface area (Å²) >= 11 is 0. The van der Waals surface area contributed by atoms with E-state index >= 15 is 0 Å². The Hall–Kier alpha value is -0.650. The van der Waals surface area contributed by atoms with E-state index in [-0.39, 0.29) is 0 Å². The Labute approximate surface area is 109 Å². The van der Waals surface area contributed by atoms with Gasteiger partial charge in [-0.3, -0.25) is 4.90 Å². The quantitative estimate of drug-likeness (QED) is 0.724. The van der Waals surface area contributed by atoms with Gasteiger partial charge < -0.3 is 14.7 Å². The fourth-order valence-electron chi connectivity index (χ4n) is 2.57. The van der Waals surface area contributed by atoms with E-state index < -0.39 is 12.1 Å². The monoisotopic (exact) mass is 256 g/mol. The number of hydrogen-bond acceptors (Lipinski definition) is 4. The SMILES string of the molecule is CCOC(CCN1CCN(C2CC2)CC1)C(=O)O. The van der Waals surface area contributed by atoms with Crippen molar-refractivity contribution in [2.45, 2.75) is 38.3 Å². The molecule has 0 aromatic carbocycles. The van der Waals surface area contributed by atoms with Gasteiger partial charge in [-0.2, -0.15) is 0 Å². The van der Waals surface area contributed by atoms with Gasteiger partial charge in [-0.05, 0) is 26.2 Å². The van der Waals surface area contributed by atoms with E-state index in [0.717, 1.165) is 38.8 Å². The molecule has 0 spiro atoms. The first-order valence-electron chi connectivity index (χ1n) is 7.01. The number of carboxylic acid groups (broad SMARTS) is 1. The zero-order chi connectivity index (χ0) is 13.0. The summed E-state index contributed by atoms with van der Waals surface area (Å²) < 4.78 is 5.23. The summed E-state index contributed by atoms with van der Waals surface area (Å²) in [6.45, 7) is 7.53. The van der Waals surface area contributed by atoms with Crippen molar-refractivity contribution in [3.63, 3.8) is 0 Å². The van der Waals surface area contributed by atoms with Gasteiger partial charge in [-0.25, -0.2) is 4.79 Å². The second-order valence-electron chi connectivity index (χ2n) is 5.18. The highest BCUT2D eigenvalue weighted by atomic mass is 16.5. The minimum Gasteiger partial charge on any atom is -0.479 e. The Morgan fingerprint density at radius 1 is 1.33 bits per heavy atom. The van der Waals surface area contributed by atoms with Crippen molar-refractivity contribution in [2.75, 3.05) is 39.3 Å². The van der Waals surface area contributed by atoms with Crippen LogP contribution in [0.25, 0.3) is 0 Å². The molecule has 0 amide bonds. The molecule has 1 N–H and O–H groups in total. The van der Waals surface area contributed by atoms with Crippen molar-refractivity contribution >= 4 is 5.97 Å². The topological polar surface area (TPSA) is 53.0 Å². The van der Waals surface area contributed by atoms with Gasteiger partial charge in [0.15, 0.2) is 6.10 Å². The van der Waals surface area contributed by atoms with Crippen LogP contribution in [0.4, 0.5) is 0 Å². The summed E-state index contributed by atoms with van der Waals surface area (Å²) in [5.41, 5.74) is 0. The van der Waals surface area contributed by atoms with Crippen LogP contribution in [-0.4, -0.2) is 72.4 Å². The highest BCUT2D eigenvalue weighted by molar-refractivity contribution is 5.72. The number of nitrogens with zero attached hydrogens (tertiary/aromatic N) is 2. The standard InChI is InChI=1S/C13H24N2O3/c1-2-18-12(13(16)17)5-6-14-7-9-15(10-8-14)11-3-4-11/h11-12H,2-10H2,1H3,(H,16,17). The second-order valence-corrected chi connectivity index (χ2v) is 5.18. The molecule has 0 aromatic rings. The van der Waals surface area contributed by atoms with E-state index in [2.05, 4.69) is 9.80 Å². The Morgan fingerprint density at radius 2 is 2.00 bits per heavy atom. The van der Waals surface area contributed by atoms with Gasteiger partial charge >= 0.3 is 5.97 Å². The van der Waals surface area contributed by atoms with E-state index in [1.54, 1.807) is 0 Å². The lowest BCUT2D eigenvalue weighted by Crippen LogP contribution is -2.48. The largest absolute Gasteiger partial charge is 0.479 e. The number of ether oxygens (including phenoxy) is 1. The molecule has 5 nitrogen and oxygen atoms in total. The van der Waals surface area contributed by atoms with Gasteiger partial charge in [0.05, 0.1) is 0 Å². The maximum absolute atomic E-state index is 11.0. The molecule has 2 aliphatic rings. The zero-order valence-corrected chi connectivity index (χ0v) is 11.2. The van der Waals surface area contributed by atoms with Gasteiger partial charge in [0.2, 0.25) is 0 Å². The van der Waals surface area contributed by atoms with Crippen molar-refractivity contribution in [3.05, 3.63) is 0 Å². The number of hydrogen-bond donors (Lipinski definition) is 1. The summed E-state index contributed by atoms with van der Waals surface area (Å²) in [4.78, 5) is 15.9. The molecule has 5 heteroatoms. The van der Waals surface area contributed by atoms with Crippen LogP contribution in [0, 0.1) is 0 Å². The van der Waals surface area contributed by atoms with Gasteiger partial charge in [0.25, 0.3) is 0 Å². The third kappa shape index (κ3) is 3.93. The summed E-state index contributed by atoms with van der Waals surface area (Å²) in [5, 5.41) is 9.01. The Morgan fingerprint density at radius 3 is 2.50 bits per heavy atom. The molecule has 1 saturated heterocycles.